The topological polar surface area (TPSA) is 55.1 Å². The Morgan fingerprint density at radius 1 is 1.50 bits per heavy atom. The van der Waals surface area contributed by atoms with Gasteiger partial charge in [-0.05, 0) is 25.5 Å². The third-order valence-corrected chi connectivity index (χ3v) is 4.44. The molecule has 1 aliphatic carbocycles. The van der Waals surface area contributed by atoms with E-state index in [2.05, 4.69) is 18.5 Å². The highest BCUT2D eigenvalue weighted by Gasteiger charge is 2.26. The maximum absolute atomic E-state index is 11.8. The Balaban J connectivity index is 2.41. The van der Waals surface area contributed by atoms with Crippen LogP contribution in [0.5, 0.6) is 0 Å². The SMILES string of the molecule is CCC[C@@H](N)C(=O)NC1CCCCC1SC. The number of carbonyl (C=O) groups excluding carboxylic acids is 1. The molecule has 0 radical (unpaired) electrons. The lowest BCUT2D eigenvalue weighted by molar-refractivity contribution is -0.123. The molecule has 2 unspecified atom stereocenters. The highest BCUT2D eigenvalue weighted by atomic mass is 32.2. The third kappa shape index (κ3) is 3.98. The Morgan fingerprint density at radius 3 is 2.81 bits per heavy atom. The molecule has 0 aliphatic heterocycles. The molecule has 1 rings (SSSR count). The number of hydrogen-bond acceptors (Lipinski definition) is 3. The molecule has 1 saturated carbocycles. The van der Waals surface area contributed by atoms with E-state index in [9.17, 15) is 4.79 Å². The van der Waals surface area contributed by atoms with Crippen molar-refractivity contribution in [2.24, 2.45) is 5.73 Å². The normalized spacial score (nSPS) is 27.4. The van der Waals surface area contributed by atoms with E-state index in [0.29, 0.717) is 11.3 Å². The number of hydrogen-bond donors (Lipinski definition) is 2. The van der Waals surface area contributed by atoms with Crippen molar-refractivity contribution in [3.8, 4) is 0 Å². The van der Waals surface area contributed by atoms with E-state index in [-0.39, 0.29) is 11.9 Å². The van der Waals surface area contributed by atoms with E-state index in [1.54, 1.807) is 0 Å². The minimum absolute atomic E-state index is 0.0350. The van der Waals surface area contributed by atoms with Gasteiger partial charge in [0.25, 0.3) is 0 Å². The van der Waals surface area contributed by atoms with Crippen LogP contribution >= 0.6 is 11.8 Å². The van der Waals surface area contributed by atoms with E-state index in [1.165, 1.54) is 19.3 Å². The Bertz CT molecular complexity index is 223. The van der Waals surface area contributed by atoms with E-state index in [4.69, 9.17) is 5.73 Å². The Labute approximate surface area is 103 Å². The fraction of sp³-hybridized carbons (Fsp3) is 0.917. The van der Waals surface area contributed by atoms with Crippen molar-refractivity contribution in [1.82, 2.24) is 5.32 Å². The van der Waals surface area contributed by atoms with Crippen LogP contribution in [-0.2, 0) is 4.79 Å². The second-order valence-electron chi connectivity index (χ2n) is 4.57. The molecule has 0 saturated heterocycles. The molecule has 0 aromatic carbocycles. The molecule has 0 spiro atoms. The molecule has 94 valence electrons. The first-order valence-electron chi connectivity index (χ1n) is 6.27. The molecule has 0 heterocycles. The van der Waals surface area contributed by atoms with Crippen LogP contribution in [0.25, 0.3) is 0 Å². The largest absolute Gasteiger partial charge is 0.351 e. The summed E-state index contributed by atoms with van der Waals surface area (Å²) >= 11 is 1.87. The van der Waals surface area contributed by atoms with Gasteiger partial charge in [0, 0.05) is 11.3 Å². The third-order valence-electron chi connectivity index (χ3n) is 3.27. The zero-order chi connectivity index (χ0) is 12.0. The quantitative estimate of drug-likeness (QED) is 0.776. The average molecular weight is 244 g/mol. The first kappa shape index (κ1) is 13.8. The molecule has 16 heavy (non-hydrogen) atoms. The zero-order valence-electron chi connectivity index (χ0n) is 10.4. The van der Waals surface area contributed by atoms with E-state index >= 15 is 0 Å². The first-order valence-corrected chi connectivity index (χ1v) is 7.56. The van der Waals surface area contributed by atoms with Crippen LogP contribution in [0.2, 0.25) is 0 Å². The van der Waals surface area contributed by atoms with Crippen LogP contribution in [0, 0.1) is 0 Å². The fourth-order valence-electron chi connectivity index (χ4n) is 2.28. The standard InChI is InChI=1S/C12H24N2OS/c1-3-6-9(13)12(15)14-10-7-4-5-8-11(10)16-2/h9-11H,3-8,13H2,1-2H3,(H,14,15)/t9-,10?,11?/m1/s1. The molecular formula is C12H24N2OS. The van der Waals surface area contributed by atoms with Crippen molar-refractivity contribution in [1.29, 1.82) is 0 Å². The van der Waals surface area contributed by atoms with E-state index in [0.717, 1.165) is 19.3 Å². The van der Waals surface area contributed by atoms with Crippen LogP contribution in [0.15, 0.2) is 0 Å². The lowest BCUT2D eigenvalue weighted by Crippen LogP contribution is -2.49. The number of rotatable bonds is 5. The van der Waals surface area contributed by atoms with Crippen molar-refractivity contribution >= 4 is 17.7 Å². The summed E-state index contributed by atoms with van der Waals surface area (Å²) in [6, 6.07) is 0.00795. The second kappa shape index (κ2) is 7.17. The highest BCUT2D eigenvalue weighted by Crippen LogP contribution is 2.27. The van der Waals surface area contributed by atoms with Gasteiger partial charge in [-0.25, -0.2) is 0 Å². The fourth-order valence-corrected chi connectivity index (χ4v) is 3.21. The minimum atomic E-state index is -0.325. The second-order valence-corrected chi connectivity index (χ2v) is 5.65. The van der Waals surface area contributed by atoms with E-state index in [1.807, 2.05) is 11.8 Å². The molecular weight excluding hydrogens is 220 g/mol. The molecule has 1 fully saturated rings. The van der Waals surface area contributed by atoms with Gasteiger partial charge >= 0.3 is 0 Å². The summed E-state index contributed by atoms with van der Waals surface area (Å²) in [5.41, 5.74) is 5.81. The lowest BCUT2D eigenvalue weighted by atomic mass is 9.94. The number of carbonyl (C=O) groups is 1. The van der Waals surface area contributed by atoms with Crippen molar-refractivity contribution in [2.45, 2.75) is 62.8 Å². The number of amides is 1. The molecule has 0 aromatic rings. The van der Waals surface area contributed by atoms with Crippen LogP contribution in [0.1, 0.15) is 45.4 Å². The Hall–Kier alpha value is -0.220. The number of nitrogens with one attached hydrogen (secondary N) is 1. The maximum Gasteiger partial charge on any atom is 0.237 e. The zero-order valence-corrected chi connectivity index (χ0v) is 11.2. The van der Waals surface area contributed by atoms with Gasteiger partial charge < -0.3 is 11.1 Å². The van der Waals surface area contributed by atoms with Crippen molar-refractivity contribution in [2.75, 3.05) is 6.26 Å². The summed E-state index contributed by atoms with van der Waals surface area (Å²) in [4.78, 5) is 11.8. The molecule has 0 aromatic heterocycles. The van der Waals surface area contributed by atoms with Crippen LogP contribution < -0.4 is 11.1 Å². The Kier molecular flexibility index (Phi) is 6.21. The van der Waals surface area contributed by atoms with Crippen LogP contribution in [0.4, 0.5) is 0 Å². The van der Waals surface area contributed by atoms with Crippen LogP contribution in [-0.4, -0.2) is 29.5 Å². The predicted octanol–water partition coefficient (Wildman–Crippen LogP) is 1.90. The van der Waals surface area contributed by atoms with Gasteiger partial charge in [0.1, 0.15) is 0 Å². The minimum Gasteiger partial charge on any atom is -0.351 e. The summed E-state index contributed by atoms with van der Waals surface area (Å²) in [5.74, 6) is 0.0350. The van der Waals surface area contributed by atoms with Crippen molar-refractivity contribution < 1.29 is 4.79 Å². The summed E-state index contributed by atoms with van der Waals surface area (Å²) < 4.78 is 0. The Morgan fingerprint density at radius 2 is 2.19 bits per heavy atom. The lowest BCUT2D eigenvalue weighted by Gasteiger charge is -2.31. The summed E-state index contributed by atoms with van der Waals surface area (Å²) in [6.07, 6.45) is 8.71. The summed E-state index contributed by atoms with van der Waals surface area (Å²) in [5, 5.41) is 3.70. The molecule has 0 bridgehead atoms. The first-order chi connectivity index (χ1) is 7.69. The molecule has 4 heteroatoms. The molecule has 3 atom stereocenters. The van der Waals surface area contributed by atoms with Gasteiger partial charge in [0.15, 0.2) is 0 Å². The smallest absolute Gasteiger partial charge is 0.237 e. The number of thioether (sulfide) groups is 1. The predicted molar refractivity (Wildman–Crippen MR) is 70.6 cm³/mol. The maximum atomic E-state index is 11.8. The number of nitrogens with two attached hydrogens (primary N) is 1. The van der Waals surface area contributed by atoms with Crippen molar-refractivity contribution in [3.05, 3.63) is 0 Å². The van der Waals surface area contributed by atoms with Gasteiger partial charge in [-0.2, -0.15) is 11.8 Å². The monoisotopic (exact) mass is 244 g/mol. The molecule has 1 aliphatic rings. The van der Waals surface area contributed by atoms with Crippen molar-refractivity contribution in [3.63, 3.8) is 0 Å². The van der Waals surface area contributed by atoms with Crippen LogP contribution in [0.3, 0.4) is 0 Å². The van der Waals surface area contributed by atoms with Gasteiger partial charge in [-0.3, -0.25) is 4.79 Å². The summed E-state index contributed by atoms with van der Waals surface area (Å²) in [6.45, 7) is 2.05. The van der Waals surface area contributed by atoms with Gasteiger partial charge in [0.05, 0.1) is 6.04 Å². The van der Waals surface area contributed by atoms with E-state index < -0.39 is 0 Å². The summed E-state index contributed by atoms with van der Waals surface area (Å²) in [7, 11) is 0. The average Bonchev–Trinajstić information content (AvgIpc) is 2.30. The van der Waals surface area contributed by atoms with Gasteiger partial charge in [0.2, 0.25) is 5.91 Å². The molecule has 3 nitrogen and oxygen atoms in total. The molecule has 3 N–H and O–H groups in total. The molecule has 1 amide bonds. The van der Waals surface area contributed by atoms with Gasteiger partial charge in [-0.1, -0.05) is 26.2 Å². The van der Waals surface area contributed by atoms with Gasteiger partial charge in [-0.15, -0.1) is 0 Å². The highest BCUT2D eigenvalue weighted by molar-refractivity contribution is 7.99.